The average molecular weight is 514 g/mol. The van der Waals surface area contributed by atoms with Gasteiger partial charge in [-0.05, 0) is 81.5 Å². The Balaban J connectivity index is 1.38. The standard InChI is InChI=1S/C30H35N5O3/c1-19-16-32-28-33-26(34-35(28)17-19)14-23-25(36)15-30(38-27(23)37,22-7-5-6-8-22)12-11-21-9-10-24(20(2)13-21)29(3,4)18-31/h9-10,13,16-17,22,36H,5-8,11-12,14-15H2,1-4H3. The molecule has 2 aliphatic rings. The molecule has 0 radical (unpaired) electrons. The number of rotatable bonds is 7. The van der Waals surface area contributed by atoms with Crippen molar-refractivity contribution >= 4 is 11.7 Å². The molecule has 0 bridgehead atoms. The SMILES string of the molecule is Cc1cnc2nc(CC3=C(O)CC(CCc4ccc(C(C)(C)C#N)c(C)c4)(C4CCCC4)OC3=O)nn2c1. The number of aromatic nitrogens is 4. The Kier molecular flexibility index (Phi) is 6.72. The van der Waals surface area contributed by atoms with Crippen LogP contribution in [0.3, 0.4) is 0 Å². The smallest absolute Gasteiger partial charge is 0.338 e. The van der Waals surface area contributed by atoms with Gasteiger partial charge in [-0.25, -0.2) is 14.3 Å². The molecule has 1 unspecified atom stereocenters. The Bertz CT molecular complexity index is 1460. The predicted octanol–water partition coefficient (Wildman–Crippen LogP) is 5.41. The van der Waals surface area contributed by atoms with Crippen molar-refractivity contribution in [1.82, 2.24) is 19.6 Å². The molecule has 1 aromatic carbocycles. The molecule has 1 saturated carbocycles. The highest BCUT2D eigenvalue weighted by atomic mass is 16.6. The van der Waals surface area contributed by atoms with E-state index >= 15 is 0 Å². The number of nitrogens with zero attached hydrogens (tertiary/aromatic N) is 5. The summed E-state index contributed by atoms with van der Waals surface area (Å²) in [6, 6.07) is 8.62. The van der Waals surface area contributed by atoms with Crippen LogP contribution >= 0.6 is 0 Å². The molecule has 8 nitrogen and oxygen atoms in total. The van der Waals surface area contributed by atoms with E-state index in [2.05, 4.69) is 33.3 Å². The van der Waals surface area contributed by atoms with Gasteiger partial charge in [0.1, 0.15) is 11.4 Å². The number of hydrogen-bond acceptors (Lipinski definition) is 7. The molecule has 3 aromatic rings. The van der Waals surface area contributed by atoms with Crippen LogP contribution in [0.15, 0.2) is 41.9 Å². The topological polar surface area (TPSA) is 113 Å². The lowest BCUT2D eigenvalue weighted by Crippen LogP contribution is -2.46. The van der Waals surface area contributed by atoms with Gasteiger partial charge in [0.05, 0.1) is 17.1 Å². The lowest BCUT2D eigenvalue weighted by Gasteiger charge is -2.41. The number of aliphatic hydroxyl groups is 1. The van der Waals surface area contributed by atoms with Crippen molar-refractivity contribution < 1.29 is 14.6 Å². The molecule has 38 heavy (non-hydrogen) atoms. The first-order valence-electron chi connectivity index (χ1n) is 13.4. The van der Waals surface area contributed by atoms with Gasteiger partial charge < -0.3 is 9.84 Å². The van der Waals surface area contributed by atoms with Gasteiger partial charge in [0.2, 0.25) is 0 Å². The molecule has 1 atom stereocenters. The van der Waals surface area contributed by atoms with Crippen molar-refractivity contribution in [3.8, 4) is 6.07 Å². The van der Waals surface area contributed by atoms with Gasteiger partial charge >= 0.3 is 5.97 Å². The zero-order chi connectivity index (χ0) is 27.1. The monoisotopic (exact) mass is 513 g/mol. The van der Waals surface area contributed by atoms with Crippen LogP contribution in [-0.4, -0.2) is 36.3 Å². The zero-order valence-electron chi connectivity index (χ0n) is 22.6. The van der Waals surface area contributed by atoms with Crippen LogP contribution < -0.4 is 0 Å². The van der Waals surface area contributed by atoms with Crippen molar-refractivity contribution in [2.75, 3.05) is 0 Å². The number of carbonyl (C=O) groups excluding carboxylic acids is 1. The predicted molar refractivity (Wildman–Crippen MR) is 142 cm³/mol. The van der Waals surface area contributed by atoms with Crippen molar-refractivity contribution in [1.29, 1.82) is 5.26 Å². The third-order valence-corrected chi connectivity index (χ3v) is 8.24. The summed E-state index contributed by atoms with van der Waals surface area (Å²) in [7, 11) is 0. The molecular formula is C30H35N5O3. The van der Waals surface area contributed by atoms with Crippen molar-refractivity contribution in [2.24, 2.45) is 5.92 Å². The molecule has 5 rings (SSSR count). The molecule has 8 heteroatoms. The number of aryl methyl sites for hydroxylation is 3. The Morgan fingerprint density at radius 2 is 2.03 bits per heavy atom. The minimum atomic E-state index is -0.731. The third-order valence-electron chi connectivity index (χ3n) is 8.24. The molecule has 0 spiro atoms. The van der Waals surface area contributed by atoms with Gasteiger partial charge in [-0.3, -0.25) is 0 Å². The Morgan fingerprint density at radius 3 is 2.71 bits per heavy atom. The van der Waals surface area contributed by atoms with Gasteiger partial charge in [-0.1, -0.05) is 31.0 Å². The maximum atomic E-state index is 13.4. The molecule has 1 fully saturated rings. The molecule has 198 valence electrons. The maximum absolute atomic E-state index is 13.4. The number of hydrogen-bond donors (Lipinski definition) is 1. The van der Waals surface area contributed by atoms with Crippen LogP contribution in [0.5, 0.6) is 0 Å². The molecule has 1 N–H and O–H groups in total. The van der Waals surface area contributed by atoms with Crippen LogP contribution in [-0.2, 0) is 27.8 Å². The van der Waals surface area contributed by atoms with Gasteiger partial charge in [-0.2, -0.15) is 10.2 Å². The summed E-state index contributed by atoms with van der Waals surface area (Å²) in [5, 5.41) is 25.2. The van der Waals surface area contributed by atoms with E-state index in [4.69, 9.17) is 4.74 Å². The first-order valence-corrected chi connectivity index (χ1v) is 13.4. The summed E-state index contributed by atoms with van der Waals surface area (Å²) in [5.74, 6) is 0.693. The van der Waals surface area contributed by atoms with Gasteiger partial charge in [-0.15, -0.1) is 5.10 Å². The fourth-order valence-electron chi connectivity index (χ4n) is 6.14. The summed E-state index contributed by atoms with van der Waals surface area (Å²) < 4.78 is 7.86. The Labute approximate surface area is 223 Å². The highest BCUT2D eigenvalue weighted by Gasteiger charge is 2.48. The summed E-state index contributed by atoms with van der Waals surface area (Å²) >= 11 is 0. The van der Waals surface area contributed by atoms with Crippen LogP contribution in [0.2, 0.25) is 0 Å². The first-order chi connectivity index (χ1) is 18.1. The van der Waals surface area contributed by atoms with E-state index < -0.39 is 17.0 Å². The molecule has 0 saturated heterocycles. The lowest BCUT2D eigenvalue weighted by molar-refractivity contribution is -0.167. The second-order valence-corrected chi connectivity index (χ2v) is 11.5. The third kappa shape index (κ3) is 4.90. The number of esters is 1. The zero-order valence-corrected chi connectivity index (χ0v) is 22.6. The molecule has 0 amide bonds. The van der Waals surface area contributed by atoms with E-state index in [-0.39, 0.29) is 23.7 Å². The molecule has 3 heterocycles. The summed E-state index contributed by atoms with van der Waals surface area (Å²) in [4.78, 5) is 22.0. The van der Waals surface area contributed by atoms with E-state index in [9.17, 15) is 15.2 Å². The second-order valence-electron chi connectivity index (χ2n) is 11.5. The summed E-state index contributed by atoms with van der Waals surface area (Å²) in [5.41, 5.74) is 3.14. The van der Waals surface area contributed by atoms with Gasteiger partial charge in [0.25, 0.3) is 5.78 Å². The van der Waals surface area contributed by atoms with Crippen LogP contribution in [0.1, 0.15) is 80.5 Å². The molecular weight excluding hydrogens is 478 g/mol. The number of ether oxygens (including phenoxy) is 1. The maximum Gasteiger partial charge on any atom is 0.338 e. The van der Waals surface area contributed by atoms with E-state index in [0.29, 0.717) is 24.4 Å². The normalized spacial score (nSPS) is 20.7. The second kappa shape index (κ2) is 9.86. The van der Waals surface area contributed by atoms with E-state index in [1.807, 2.05) is 40.0 Å². The highest BCUT2D eigenvalue weighted by molar-refractivity contribution is 5.90. The van der Waals surface area contributed by atoms with Crippen molar-refractivity contribution in [3.05, 3.63) is 70.0 Å². The van der Waals surface area contributed by atoms with Gasteiger partial charge in [0, 0.05) is 25.2 Å². The molecule has 1 aliphatic heterocycles. The highest BCUT2D eigenvalue weighted by Crippen LogP contribution is 2.46. The van der Waals surface area contributed by atoms with Gasteiger partial charge in [0.15, 0.2) is 5.82 Å². The van der Waals surface area contributed by atoms with E-state index in [0.717, 1.165) is 54.4 Å². The summed E-state index contributed by atoms with van der Waals surface area (Å²) in [6.45, 7) is 7.82. The average Bonchev–Trinajstić information content (AvgIpc) is 3.55. The van der Waals surface area contributed by atoms with Crippen molar-refractivity contribution in [2.45, 2.75) is 90.1 Å². The number of nitriles is 1. The fourth-order valence-corrected chi connectivity index (χ4v) is 6.14. The first kappa shape index (κ1) is 25.9. The van der Waals surface area contributed by atoms with E-state index in [1.165, 1.54) is 0 Å². The van der Waals surface area contributed by atoms with Crippen molar-refractivity contribution in [3.63, 3.8) is 0 Å². The fraction of sp³-hybridized carbons (Fsp3) is 0.500. The van der Waals surface area contributed by atoms with E-state index in [1.54, 1.807) is 10.7 Å². The van der Waals surface area contributed by atoms with Crippen LogP contribution in [0, 0.1) is 31.1 Å². The Morgan fingerprint density at radius 1 is 1.26 bits per heavy atom. The number of cyclic esters (lactones) is 1. The minimum absolute atomic E-state index is 0.0819. The number of fused-ring (bicyclic) bond motifs is 1. The number of carbonyl (C=O) groups is 1. The molecule has 1 aliphatic carbocycles. The van der Waals surface area contributed by atoms with Crippen LogP contribution in [0.25, 0.3) is 5.78 Å². The Hall–Kier alpha value is -3.73. The van der Waals surface area contributed by atoms with Crippen LogP contribution in [0.4, 0.5) is 0 Å². The minimum Gasteiger partial charge on any atom is -0.512 e. The molecule has 2 aromatic heterocycles. The summed E-state index contributed by atoms with van der Waals surface area (Å²) in [6.07, 6.45) is 9.50. The number of aliphatic hydroxyl groups excluding tert-OH is 1. The quantitative estimate of drug-likeness (QED) is 0.421. The number of benzene rings is 1. The lowest BCUT2D eigenvalue weighted by atomic mass is 9.76. The largest absolute Gasteiger partial charge is 0.512 e.